The largest absolute Gasteiger partial charge is 0.370 e. The van der Waals surface area contributed by atoms with Gasteiger partial charge in [0.2, 0.25) is 11.8 Å². The topological polar surface area (TPSA) is 86.2 Å². The summed E-state index contributed by atoms with van der Waals surface area (Å²) in [5.74, 6) is -0.698. The second kappa shape index (κ2) is 6.36. The van der Waals surface area contributed by atoms with Gasteiger partial charge in [-0.2, -0.15) is 0 Å². The molecule has 4 nitrogen and oxygen atoms in total. The molecule has 0 aliphatic heterocycles. The average Bonchev–Trinajstić information content (AvgIpc) is 2.35. The van der Waals surface area contributed by atoms with Crippen molar-refractivity contribution < 1.29 is 9.59 Å². The minimum Gasteiger partial charge on any atom is -0.370 e. The summed E-state index contributed by atoms with van der Waals surface area (Å²) in [7, 11) is 0. The van der Waals surface area contributed by atoms with E-state index in [-0.39, 0.29) is 24.2 Å². The van der Waals surface area contributed by atoms with Crippen molar-refractivity contribution in [3.63, 3.8) is 0 Å². The van der Waals surface area contributed by atoms with E-state index in [1.165, 1.54) is 0 Å². The van der Waals surface area contributed by atoms with Crippen molar-refractivity contribution in [2.45, 2.75) is 33.1 Å². The maximum Gasteiger partial charge on any atom is 0.223 e. The van der Waals surface area contributed by atoms with E-state index >= 15 is 0 Å². The SMILES string of the molecule is CC(C)(C(N)=O)C(CCC(N)=O)Cc1ccccc1. The molecule has 4 N–H and O–H groups in total. The van der Waals surface area contributed by atoms with Crippen molar-refractivity contribution in [3.05, 3.63) is 35.9 Å². The normalized spacial score (nSPS) is 12.9. The summed E-state index contributed by atoms with van der Waals surface area (Å²) >= 11 is 0. The number of carbonyl (C=O) groups is 2. The Balaban J connectivity index is 2.86. The molecule has 0 aromatic heterocycles. The van der Waals surface area contributed by atoms with Crippen LogP contribution in [0.25, 0.3) is 0 Å². The van der Waals surface area contributed by atoms with Crippen LogP contribution in [-0.4, -0.2) is 11.8 Å². The quantitative estimate of drug-likeness (QED) is 0.782. The number of nitrogens with two attached hydrogens (primary N) is 2. The van der Waals surface area contributed by atoms with Gasteiger partial charge in [-0.25, -0.2) is 0 Å². The van der Waals surface area contributed by atoms with Gasteiger partial charge < -0.3 is 11.5 Å². The highest BCUT2D eigenvalue weighted by Crippen LogP contribution is 2.33. The molecule has 1 unspecified atom stereocenters. The molecule has 0 aliphatic carbocycles. The summed E-state index contributed by atoms with van der Waals surface area (Å²) in [5.41, 5.74) is 11.1. The van der Waals surface area contributed by atoms with Gasteiger partial charge in [-0.1, -0.05) is 44.2 Å². The Kier molecular flexibility index (Phi) is 5.10. The van der Waals surface area contributed by atoms with Crippen molar-refractivity contribution in [2.75, 3.05) is 0 Å². The lowest BCUT2D eigenvalue weighted by Crippen LogP contribution is -2.39. The molecule has 0 aliphatic rings. The molecule has 1 rings (SSSR count). The molecule has 104 valence electrons. The summed E-state index contributed by atoms with van der Waals surface area (Å²) < 4.78 is 0. The number of hydrogen-bond acceptors (Lipinski definition) is 2. The number of primary amides is 2. The summed E-state index contributed by atoms with van der Waals surface area (Å²) in [6, 6.07) is 9.87. The molecule has 4 heteroatoms. The van der Waals surface area contributed by atoms with Crippen LogP contribution in [0.15, 0.2) is 30.3 Å². The Morgan fingerprint density at radius 1 is 1.16 bits per heavy atom. The van der Waals surface area contributed by atoms with E-state index in [0.717, 1.165) is 5.56 Å². The predicted molar refractivity (Wildman–Crippen MR) is 75.0 cm³/mol. The van der Waals surface area contributed by atoms with Crippen LogP contribution < -0.4 is 11.5 Å². The molecular formula is C15H22N2O2. The van der Waals surface area contributed by atoms with E-state index in [0.29, 0.717) is 12.8 Å². The van der Waals surface area contributed by atoms with Gasteiger partial charge >= 0.3 is 0 Å². The number of benzene rings is 1. The fraction of sp³-hybridized carbons (Fsp3) is 0.467. The van der Waals surface area contributed by atoms with E-state index in [4.69, 9.17) is 11.5 Å². The highest BCUT2D eigenvalue weighted by atomic mass is 16.1. The van der Waals surface area contributed by atoms with Gasteiger partial charge in [0.25, 0.3) is 0 Å². The summed E-state index contributed by atoms with van der Waals surface area (Å²) in [6.45, 7) is 3.65. The van der Waals surface area contributed by atoms with Gasteiger partial charge in [-0.3, -0.25) is 9.59 Å². The maximum atomic E-state index is 11.6. The molecule has 2 amide bonds. The van der Waals surface area contributed by atoms with Crippen LogP contribution in [0, 0.1) is 11.3 Å². The van der Waals surface area contributed by atoms with Crippen LogP contribution in [0.1, 0.15) is 32.3 Å². The van der Waals surface area contributed by atoms with Crippen LogP contribution in [-0.2, 0) is 16.0 Å². The molecule has 1 aromatic carbocycles. The Hall–Kier alpha value is -1.84. The van der Waals surface area contributed by atoms with Crippen LogP contribution in [0.3, 0.4) is 0 Å². The van der Waals surface area contributed by atoms with E-state index in [2.05, 4.69) is 0 Å². The van der Waals surface area contributed by atoms with Gasteiger partial charge in [0.15, 0.2) is 0 Å². The molecule has 0 fully saturated rings. The van der Waals surface area contributed by atoms with Gasteiger partial charge in [-0.15, -0.1) is 0 Å². The Morgan fingerprint density at radius 2 is 1.74 bits per heavy atom. The number of carbonyl (C=O) groups excluding carboxylic acids is 2. The maximum absolute atomic E-state index is 11.6. The lowest BCUT2D eigenvalue weighted by molar-refractivity contribution is -0.129. The second-order valence-corrected chi connectivity index (χ2v) is 5.48. The summed E-state index contributed by atoms with van der Waals surface area (Å²) in [5, 5.41) is 0. The van der Waals surface area contributed by atoms with E-state index < -0.39 is 5.41 Å². The summed E-state index contributed by atoms with van der Waals surface area (Å²) in [6.07, 6.45) is 1.55. The Labute approximate surface area is 114 Å². The minimum atomic E-state index is -0.661. The predicted octanol–water partition coefficient (Wildman–Crippen LogP) is 1.62. The number of rotatable bonds is 7. The minimum absolute atomic E-state index is 0.0000926. The fourth-order valence-corrected chi connectivity index (χ4v) is 2.13. The first-order valence-electron chi connectivity index (χ1n) is 6.46. The molecule has 0 saturated carbocycles. The lowest BCUT2D eigenvalue weighted by Gasteiger charge is -2.31. The van der Waals surface area contributed by atoms with E-state index in [1.54, 1.807) is 0 Å². The Morgan fingerprint density at radius 3 is 2.21 bits per heavy atom. The standard InChI is InChI=1S/C15H22N2O2/c1-15(2,14(17)19)12(8-9-13(16)18)10-11-6-4-3-5-7-11/h3-7,12H,8-10H2,1-2H3,(H2,16,18)(H2,17,19). The average molecular weight is 262 g/mol. The van der Waals surface area contributed by atoms with E-state index in [9.17, 15) is 9.59 Å². The molecule has 0 radical (unpaired) electrons. The van der Waals surface area contributed by atoms with Gasteiger partial charge in [-0.05, 0) is 24.3 Å². The highest BCUT2D eigenvalue weighted by Gasteiger charge is 2.34. The van der Waals surface area contributed by atoms with Crippen molar-refractivity contribution in [3.8, 4) is 0 Å². The molecule has 19 heavy (non-hydrogen) atoms. The van der Waals surface area contributed by atoms with Crippen molar-refractivity contribution in [1.29, 1.82) is 0 Å². The molecule has 0 spiro atoms. The molecule has 0 heterocycles. The first-order chi connectivity index (χ1) is 8.84. The third kappa shape index (κ3) is 4.39. The summed E-state index contributed by atoms with van der Waals surface area (Å²) in [4.78, 5) is 22.6. The molecular weight excluding hydrogens is 240 g/mol. The fourth-order valence-electron chi connectivity index (χ4n) is 2.13. The first kappa shape index (κ1) is 15.2. The zero-order valence-corrected chi connectivity index (χ0v) is 11.6. The van der Waals surface area contributed by atoms with Crippen molar-refractivity contribution in [1.82, 2.24) is 0 Å². The van der Waals surface area contributed by atoms with Crippen molar-refractivity contribution in [2.24, 2.45) is 22.8 Å². The monoisotopic (exact) mass is 262 g/mol. The molecule has 1 aromatic rings. The van der Waals surface area contributed by atoms with Gasteiger partial charge in [0.05, 0.1) is 0 Å². The van der Waals surface area contributed by atoms with Gasteiger partial charge in [0, 0.05) is 11.8 Å². The zero-order chi connectivity index (χ0) is 14.5. The van der Waals surface area contributed by atoms with Crippen LogP contribution in [0.2, 0.25) is 0 Å². The van der Waals surface area contributed by atoms with E-state index in [1.807, 2.05) is 44.2 Å². The number of amides is 2. The second-order valence-electron chi connectivity index (χ2n) is 5.48. The third-order valence-corrected chi connectivity index (χ3v) is 3.72. The first-order valence-corrected chi connectivity index (χ1v) is 6.46. The van der Waals surface area contributed by atoms with Crippen molar-refractivity contribution >= 4 is 11.8 Å². The third-order valence-electron chi connectivity index (χ3n) is 3.72. The smallest absolute Gasteiger partial charge is 0.223 e. The zero-order valence-electron chi connectivity index (χ0n) is 11.6. The lowest BCUT2D eigenvalue weighted by atomic mass is 9.73. The highest BCUT2D eigenvalue weighted by molar-refractivity contribution is 5.80. The van der Waals surface area contributed by atoms with Crippen LogP contribution in [0.5, 0.6) is 0 Å². The molecule has 1 atom stereocenters. The number of hydrogen-bond donors (Lipinski definition) is 2. The van der Waals surface area contributed by atoms with Crippen LogP contribution in [0.4, 0.5) is 0 Å². The van der Waals surface area contributed by atoms with Crippen LogP contribution >= 0.6 is 0 Å². The molecule has 0 bridgehead atoms. The van der Waals surface area contributed by atoms with Gasteiger partial charge in [0.1, 0.15) is 0 Å². The Bertz CT molecular complexity index is 441. The molecule has 0 saturated heterocycles.